The minimum Gasteiger partial charge on any atom is -0.534 e. The van der Waals surface area contributed by atoms with E-state index in [2.05, 4.69) is 31.2 Å². The molecule has 1 N–H and O–H groups in total. The van der Waals surface area contributed by atoms with Gasteiger partial charge < -0.3 is 9.53 Å². The maximum atomic E-state index is 9.30. The second kappa shape index (κ2) is 5.42. The molecular formula is C14H19NO2SSi. The third-order valence-electron chi connectivity index (χ3n) is 2.56. The number of hydrogen-bond acceptors (Lipinski definition) is 4. The lowest BCUT2D eigenvalue weighted by molar-refractivity contribution is 0.475. The lowest BCUT2D eigenvalue weighted by Crippen LogP contribution is -2.33. The van der Waals surface area contributed by atoms with Gasteiger partial charge >= 0.3 is 0 Å². The Kier molecular flexibility index (Phi) is 4.06. The lowest BCUT2D eigenvalue weighted by atomic mass is 10.1. The van der Waals surface area contributed by atoms with E-state index in [1.54, 1.807) is 23.9 Å². The monoisotopic (exact) mass is 293 g/mol. The summed E-state index contributed by atoms with van der Waals surface area (Å²) in [6.07, 6.45) is 0.841. The average Bonchev–Trinajstić information content (AvgIpc) is 2.60. The molecule has 0 fully saturated rings. The highest BCUT2D eigenvalue weighted by atomic mass is 32.2. The minimum atomic E-state index is -1.65. The zero-order chi connectivity index (χ0) is 14.0. The molecule has 0 spiro atoms. The largest absolute Gasteiger partial charge is 0.534 e. The summed E-state index contributed by atoms with van der Waals surface area (Å²) in [5.41, 5.74) is 1.16. The Labute approximate surface area is 119 Å². The van der Waals surface area contributed by atoms with Gasteiger partial charge in [0.2, 0.25) is 8.32 Å². The normalized spacial score (nSPS) is 19.4. The fourth-order valence-electron chi connectivity index (χ4n) is 1.81. The molecule has 102 valence electrons. The van der Waals surface area contributed by atoms with Gasteiger partial charge in [0.05, 0.1) is 10.3 Å². The summed E-state index contributed by atoms with van der Waals surface area (Å²) in [7, 11) is -1.65. The summed E-state index contributed by atoms with van der Waals surface area (Å²) in [5.74, 6) is 1.10. The highest BCUT2D eigenvalue weighted by Gasteiger charge is 2.30. The van der Waals surface area contributed by atoms with Gasteiger partial charge in [-0.15, -0.1) is 0 Å². The van der Waals surface area contributed by atoms with Crippen molar-refractivity contribution in [2.45, 2.75) is 31.3 Å². The van der Waals surface area contributed by atoms with Crippen LogP contribution in [0.1, 0.15) is 5.56 Å². The van der Waals surface area contributed by atoms with E-state index in [-0.39, 0.29) is 5.25 Å². The van der Waals surface area contributed by atoms with Gasteiger partial charge in [-0.25, -0.2) is 4.99 Å². The van der Waals surface area contributed by atoms with Crippen molar-refractivity contribution in [1.82, 2.24) is 0 Å². The van der Waals surface area contributed by atoms with Crippen LogP contribution in [-0.4, -0.2) is 24.6 Å². The summed E-state index contributed by atoms with van der Waals surface area (Å²) in [4.78, 5) is 4.42. The Balaban J connectivity index is 2.09. The minimum absolute atomic E-state index is 0.198. The van der Waals surface area contributed by atoms with Crippen molar-refractivity contribution in [3.05, 3.63) is 41.4 Å². The van der Waals surface area contributed by atoms with Crippen LogP contribution in [0.3, 0.4) is 0 Å². The number of aliphatic imine (C=N–C) groups is 1. The topological polar surface area (TPSA) is 41.8 Å². The van der Waals surface area contributed by atoms with Gasteiger partial charge in [-0.1, -0.05) is 30.5 Å². The van der Waals surface area contributed by atoms with Crippen LogP contribution in [0.15, 0.2) is 40.9 Å². The predicted molar refractivity (Wildman–Crippen MR) is 84.2 cm³/mol. The third-order valence-corrected chi connectivity index (χ3v) is 4.39. The number of rotatable bonds is 3. The van der Waals surface area contributed by atoms with Gasteiger partial charge in [-0.3, -0.25) is 0 Å². The van der Waals surface area contributed by atoms with E-state index in [0.717, 1.165) is 22.9 Å². The first kappa shape index (κ1) is 14.2. The molecule has 3 nitrogen and oxygen atoms in total. The van der Waals surface area contributed by atoms with Gasteiger partial charge in [0, 0.05) is 0 Å². The summed E-state index contributed by atoms with van der Waals surface area (Å²) in [6, 6.07) is 7.28. The van der Waals surface area contributed by atoms with Crippen LogP contribution in [0, 0.1) is 0 Å². The Bertz CT molecular complexity index is 505. The van der Waals surface area contributed by atoms with Crippen molar-refractivity contribution in [3.8, 4) is 5.75 Å². The molecule has 0 saturated carbocycles. The number of thioether (sulfide) groups is 1. The number of aromatic hydroxyl groups is 1. The van der Waals surface area contributed by atoms with E-state index in [1.807, 2.05) is 12.1 Å². The number of phenols is 1. The Hall–Kier alpha value is -1.20. The van der Waals surface area contributed by atoms with E-state index in [1.165, 1.54) is 0 Å². The second-order valence-electron chi connectivity index (χ2n) is 5.54. The van der Waals surface area contributed by atoms with Crippen molar-refractivity contribution in [1.29, 1.82) is 0 Å². The molecular weight excluding hydrogens is 274 g/mol. The Morgan fingerprint density at radius 2 is 1.95 bits per heavy atom. The van der Waals surface area contributed by atoms with Crippen molar-refractivity contribution in [3.63, 3.8) is 0 Å². The van der Waals surface area contributed by atoms with E-state index in [4.69, 9.17) is 4.43 Å². The zero-order valence-electron chi connectivity index (χ0n) is 11.5. The van der Waals surface area contributed by atoms with E-state index in [9.17, 15) is 5.11 Å². The first-order valence-electron chi connectivity index (χ1n) is 6.24. The first-order valence-corrected chi connectivity index (χ1v) is 10.5. The van der Waals surface area contributed by atoms with Gasteiger partial charge in [0.15, 0.2) is 5.90 Å². The molecule has 0 radical (unpaired) electrons. The van der Waals surface area contributed by atoms with Crippen LogP contribution >= 0.6 is 11.8 Å². The number of benzene rings is 1. The van der Waals surface area contributed by atoms with Crippen molar-refractivity contribution in [2.75, 3.05) is 0 Å². The molecule has 2 rings (SSSR count). The molecule has 0 bridgehead atoms. The summed E-state index contributed by atoms with van der Waals surface area (Å²) < 4.78 is 6.04. The van der Waals surface area contributed by atoms with Gasteiger partial charge in [-0.2, -0.15) is 0 Å². The molecule has 0 amide bonds. The van der Waals surface area contributed by atoms with Crippen molar-refractivity contribution < 1.29 is 9.53 Å². The molecule has 1 aliphatic heterocycles. The van der Waals surface area contributed by atoms with E-state index in [0.29, 0.717) is 5.75 Å². The van der Waals surface area contributed by atoms with Crippen molar-refractivity contribution >= 4 is 26.0 Å². The van der Waals surface area contributed by atoms with Crippen LogP contribution in [-0.2, 0) is 10.8 Å². The maximum absolute atomic E-state index is 9.30. The second-order valence-corrected chi connectivity index (χ2v) is 11.2. The van der Waals surface area contributed by atoms with Gasteiger partial charge in [0.1, 0.15) is 5.75 Å². The molecule has 1 unspecified atom stereocenters. The smallest absolute Gasteiger partial charge is 0.243 e. The molecule has 19 heavy (non-hydrogen) atoms. The standard InChI is InChI=1S/C14H19NO2SSi/c1-10-15-14(17-19(2,3)4)13(18-10)9-11-5-7-12(16)8-6-11/h5-8,13,16H,1,9H2,2-4H3. The Morgan fingerprint density at radius 1 is 1.32 bits per heavy atom. The summed E-state index contributed by atoms with van der Waals surface area (Å²) in [6.45, 7) is 10.4. The predicted octanol–water partition coefficient (Wildman–Crippen LogP) is 3.77. The maximum Gasteiger partial charge on any atom is 0.243 e. The van der Waals surface area contributed by atoms with Crippen LogP contribution in [0.2, 0.25) is 19.6 Å². The SMILES string of the molecule is C=C1N=C(O[Si](C)(C)C)C(Cc2ccc(O)cc2)S1. The van der Waals surface area contributed by atoms with Crippen LogP contribution < -0.4 is 0 Å². The molecule has 1 aromatic carbocycles. The van der Waals surface area contributed by atoms with Crippen LogP contribution in [0.25, 0.3) is 0 Å². The fourth-order valence-corrected chi connectivity index (χ4v) is 3.66. The summed E-state index contributed by atoms with van der Waals surface area (Å²) in [5, 5.41) is 10.3. The molecule has 1 aromatic rings. The molecule has 0 aliphatic carbocycles. The highest BCUT2D eigenvalue weighted by Crippen LogP contribution is 2.33. The fraction of sp³-hybridized carbons (Fsp3) is 0.357. The number of hydrogen-bond donors (Lipinski definition) is 1. The number of nitrogens with zero attached hydrogens (tertiary/aromatic N) is 1. The van der Waals surface area contributed by atoms with Gasteiger partial charge in [0.25, 0.3) is 0 Å². The van der Waals surface area contributed by atoms with E-state index >= 15 is 0 Å². The molecule has 1 atom stereocenters. The average molecular weight is 293 g/mol. The van der Waals surface area contributed by atoms with Gasteiger partial charge in [-0.05, 0) is 43.8 Å². The molecule has 1 aliphatic rings. The lowest BCUT2D eigenvalue weighted by Gasteiger charge is -2.22. The third kappa shape index (κ3) is 4.14. The summed E-state index contributed by atoms with van der Waals surface area (Å²) >= 11 is 1.65. The van der Waals surface area contributed by atoms with E-state index < -0.39 is 8.32 Å². The molecule has 5 heteroatoms. The van der Waals surface area contributed by atoms with Crippen molar-refractivity contribution in [2.24, 2.45) is 4.99 Å². The zero-order valence-corrected chi connectivity index (χ0v) is 13.3. The van der Waals surface area contributed by atoms with Crippen LogP contribution in [0.5, 0.6) is 5.75 Å². The molecule has 0 aromatic heterocycles. The first-order chi connectivity index (χ1) is 8.83. The highest BCUT2D eigenvalue weighted by molar-refractivity contribution is 8.04. The van der Waals surface area contributed by atoms with Crippen LogP contribution in [0.4, 0.5) is 0 Å². The molecule has 0 saturated heterocycles. The Morgan fingerprint density at radius 3 is 2.53 bits per heavy atom. The number of phenolic OH excluding ortho intramolecular Hbond substituents is 1. The quantitative estimate of drug-likeness (QED) is 0.863. The molecule has 1 heterocycles.